The Balaban J connectivity index is 2.81. The number of benzene rings is 1. The van der Waals surface area contributed by atoms with E-state index >= 15 is 0 Å². The molecule has 0 saturated heterocycles. The average Bonchev–Trinajstić information content (AvgIpc) is 2.58. The second-order valence-electron chi connectivity index (χ2n) is 6.77. The standard InChI is InChI=1S/C19H28BrFN2O3/c1-4-5-8-25-12-15(24)11-23-18-10-16(21)17(22)9-14(18)6-7-19(2,3)13-26-20/h9-10,15,23-24H,4-5,8,11-13,22H2,1-3H3/t15-/m1/s1. The molecule has 0 unspecified atom stereocenters. The van der Waals surface area contributed by atoms with Gasteiger partial charge >= 0.3 is 0 Å². The van der Waals surface area contributed by atoms with Crippen molar-refractivity contribution in [3.63, 3.8) is 0 Å². The summed E-state index contributed by atoms with van der Waals surface area (Å²) in [7, 11) is 0. The molecule has 7 heteroatoms. The van der Waals surface area contributed by atoms with Crippen LogP contribution in [0.4, 0.5) is 15.8 Å². The van der Waals surface area contributed by atoms with Crippen LogP contribution in [0.25, 0.3) is 0 Å². The highest BCUT2D eigenvalue weighted by atomic mass is 79.9. The lowest BCUT2D eigenvalue weighted by atomic mass is 9.95. The summed E-state index contributed by atoms with van der Waals surface area (Å²) in [5.74, 6) is 5.57. The molecule has 0 aliphatic heterocycles. The number of nitrogens with one attached hydrogen (secondary N) is 1. The van der Waals surface area contributed by atoms with Gasteiger partial charge < -0.3 is 24.7 Å². The minimum atomic E-state index is -0.702. The quantitative estimate of drug-likeness (QED) is 0.299. The summed E-state index contributed by atoms with van der Waals surface area (Å²) < 4.78 is 24.2. The zero-order valence-corrected chi connectivity index (χ0v) is 17.2. The van der Waals surface area contributed by atoms with Crippen LogP contribution in [-0.4, -0.2) is 37.6 Å². The minimum Gasteiger partial charge on any atom is -0.396 e. The number of halogens is 2. The number of nitrogen functional groups attached to an aromatic ring is 1. The Kier molecular flexibility index (Phi) is 9.96. The van der Waals surface area contributed by atoms with Gasteiger partial charge in [-0.15, -0.1) is 0 Å². The van der Waals surface area contributed by atoms with Crippen molar-refractivity contribution in [2.75, 3.05) is 37.4 Å². The summed E-state index contributed by atoms with van der Waals surface area (Å²) in [6.45, 7) is 7.39. The maximum atomic E-state index is 13.8. The summed E-state index contributed by atoms with van der Waals surface area (Å²) in [5, 5.41) is 13.0. The van der Waals surface area contributed by atoms with E-state index in [-0.39, 0.29) is 18.8 Å². The molecule has 0 radical (unpaired) electrons. The number of aliphatic hydroxyl groups is 1. The first-order valence-corrected chi connectivity index (χ1v) is 9.29. The monoisotopic (exact) mass is 430 g/mol. The van der Waals surface area contributed by atoms with Gasteiger partial charge in [-0.05, 0) is 26.3 Å². The molecule has 0 spiro atoms. The van der Waals surface area contributed by atoms with Crippen molar-refractivity contribution in [3.05, 3.63) is 23.5 Å². The van der Waals surface area contributed by atoms with Crippen molar-refractivity contribution >= 4 is 27.6 Å². The summed E-state index contributed by atoms with van der Waals surface area (Å²) in [6, 6.07) is 2.78. The molecule has 4 N–H and O–H groups in total. The molecule has 0 aliphatic rings. The molecule has 0 fully saturated rings. The van der Waals surface area contributed by atoms with Crippen molar-refractivity contribution in [2.24, 2.45) is 5.41 Å². The fraction of sp³-hybridized carbons (Fsp3) is 0.579. The fourth-order valence-corrected chi connectivity index (χ4v) is 2.57. The van der Waals surface area contributed by atoms with E-state index in [0.29, 0.717) is 24.5 Å². The van der Waals surface area contributed by atoms with Crippen LogP contribution < -0.4 is 11.1 Å². The molecule has 0 saturated carbocycles. The van der Waals surface area contributed by atoms with Crippen LogP contribution in [0.2, 0.25) is 0 Å². The Morgan fingerprint density at radius 3 is 2.81 bits per heavy atom. The smallest absolute Gasteiger partial charge is 0.148 e. The molecule has 146 valence electrons. The third-order valence-electron chi connectivity index (χ3n) is 3.57. The first-order chi connectivity index (χ1) is 12.3. The van der Waals surface area contributed by atoms with Gasteiger partial charge in [0, 0.05) is 24.8 Å². The molecule has 1 aromatic rings. The Morgan fingerprint density at radius 1 is 1.42 bits per heavy atom. The van der Waals surface area contributed by atoms with Crippen molar-refractivity contribution in [3.8, 4) is 11.8 Å². The number of aliphatic hydroxyl groups excluding tert-OH is 1. The van der Waals surface area contributed by atoms with Gasteiger partial charge in [0.1, 0.15) is 5.82 Å². The molecule has 1 atom stereocenters. The van der Waals surface area contributed by atoms with Crippen LogP contribution in [0.1, 0.15) is 39.2 Å². The highest BCUT2D eigenvalue weighted by Gasteiger charge is 2.15. The van der Waals surface area contributed by atoms with Gasteiger partial charge in [0.2, 0.25) is 0 Å². The minimum absolute atomic E-state index is 0.0258. The first kappa shape index (κ1) is 22.7. The van der Waals surface area contributed by atoms with E-state index in [1.165, 1.54) is 12.1 Å². The molecule has 1 rings (SSSR count). The highest BCUT2D eigenvalue weighted by molar-refractivity contribution is 9.06. The van der Waals surface area contributed by atoms with Crippen LogP contribution in [0.15, 0.2) is 12.1 Å². The van der Waals surface area contributed by atoms with Gasteiger partial charge in [0.05, 0.1) is 52.4 Å². The van der Waals surface area contributed by atoms with Gasteiger partial charge in [-0.2, -0.15) is 0 Å². The molecule has 26 heavy (non-hydrogen) atoms. The molecule has 0 amide bonds. The van der Waals surface area contributed by atoms with E-state index in [0.717, 1.165) is 12.8 Å². The number of rotatable bonds is 10. The van der Waals surface area contributed by atoms with E-state index in [9.17, 15) is 9.50 Å². The zero-order chi connectivity index (χ0) is 19.6. The first-order valence-electron chi connectivity index (χ1n) is 8.64. The van der Waals surface area contributed by atoms with E-state index in [4.69, 9.17) is 14.3 Å². The Hall–Kier alpha value is -1.33. The zero-order valence-electron chi connectivity index (χ0n) is 15.6. The molecular formula is C19H28BrFN2O3. The lowest BCUT2D eigenvalue weighted by Crippen LogP contribution is -2.25. The van der Waals surface area contributed by atoms with Crippen molar-refractivity contribution in [2.45, 2.75) is 39.7 Å². The Labute approximate surface area is 163 Å². The lowest BCUT2D eigenvalue weighted by Gasteiger charge is -2.16. The summed E-state index contributed by atoms with van der Waals surface area (Å²) >= 11 is 2.93. The van der Waals surface area contributed by atoms with Crippen LogP contribution >= 0.6 is 16.3 Å². The number of nitrogens with two attached hydrogens (primary N) is 1. The fourth-order valence-electron chi connectivity index (χ4n) is 2.00. The summed E-state index contributed by atoms with van der Waals surface area (Å²) in [5.41, 5.74) is 6.34. The van der Waals surface area contributed by atoms with E-state index in [2.05, 4.69) is 40.3 Å². The topological polar surface area (TPSA) is 76.7 Å². The van der Waals surface area contributed by atoms with Gasteiger partial charge in [-0.25, -0.2) is 4.39 Å². The molecule has 0 heterocycles. The van der Waals surface area contributed by atoms with Crippen LogP contribution in [-0.2, 0) is 8.57 Å². The number of anilines is 2. The summed E-state index contributed by atoms with van der Waals surface area (Å²) in [6.07, 6.45) is 1.29. The van der Waals surface area contributed by atoms with Gasteiger partial charge in [0.25, 0.3) is 0 Å². The lowest BCUT2D eigenvalue weighted by molar-refractivity contribution is 0.0421. The van der Waals surface area contributed by atoms with E-state index < -0.39 is 17.3 Å². The highest BCUT2D eigenvalue weighted by Crippen LogP contribution is 2.23. The Morgan fingerprint density at radius 2 is 2.15 bits per heavy atom. The second kappa shape index (κ2) is 11.4. The second-order valence-corrected chi connectivity index (χ2v) is 7.23. The molecule has 1 aromatic carbocycles. The maximum Gasteiger partial charge on any atom is 0.148 e. The Bertz CT molecular complexity index is 629. The largest absolute Gasteiger partial charge is 0.396 e. The molecular weight excluding hydrogens is 403 g/mol. The number of hydrogen-bond donors (Lipinski definition) is 3. The van der Waals surface area contributed by atoms with Gasteiger partial charge in [-0.3, -0.25) is 0 Å². The van der Waals surface area contributed by atoms with Gasteiger partial charge in [-0.1, -0.05) is 25.2 Å². The van der Waals surface area contributed by atoms with Crippen molar-refractivity contribution in [1.82, 2.24) is 0 Å². The van der Waals surface area contributed by atoms with Gasteiger partial charge in [0.15, 0.2) is 0 Å². The molecule has 0 aliphatic carbocycles. The number of unbranched alkanes of at least 4 members (excludes halogenated alkanes) is 1. The predicted octanol–water partition coefficient (Wildman–Crippen LogP) is 3.70. The number of hydrogen-bond acceptors (Lipinski definition) is 5. The normalized spacial score (nSPS) is 12.4. The third kappa shape index (κ3) is 8.37. The van der Waals surface area contributed by atoms with Crippen molar-refractivity contribution in [1.29, 1.82) is 0 Å². The van der Waals surface area contributed by atoms with Crippen LogP contribution in [0, 0.1) is 23.1 Å². The summed E-state index contributed by atoms with van der Waals surface area (Å²) in [4.78, 5) is 0. The molecule has 5 nitrogen and oxygen atoms in total. The van der Waals surface area contributed by atoms with E-state index in [1.54, 1.807) is 0 Å². The maximum absolute atomic E-state index is 13.8. The number of ether oxygens (including phenoxy) is 1. The van der Waals surface area contributed by atoms with Crippen LogP contribution in [0.5, 0.6) is 0 Å². The van der Waals surface area contributed by atoms with E-state index in [1.807, 2.05) is 13.8 Å². The SMILES string of the molecule is CCCCOC[C@H](O)CNc1cc(F)c(N)cc1C#CC(C)(C)COBr. The molecule has 0 bridgehead atoms. The van der Waals surface area contributed by atoms with Crippen molar-refractivity contribution < 1.29 is 18.1 Å². The molecule has 0 aromatic heterocycles. The predicted molar refractivity (Wildman–Crippen MR) is 107 cm³/mol. The third-order valence-corrected chi connectivity index (χ3v) is 3.80. The average molecular weight is 431 g/mol. The van der Waals surface area contributed by atoms with Crippen LogP contribution in [0.3, 0.4) is 0 Å².